The molecule has 1 heterocycles. The number of amides is 1. The summed E-state index contributed by atoms with van der Waals surface area (Å²) in [6, 6.07) is 10.7. The summed E-state index contributed by atoms with van der Waals surface area (Å²) in [5, 5.41) is 3.61. The Bertz CT molecular complexity index is 546. The Morgan fingerprint density at radius 3 is 2.41 bits per heavy atom. The highest BCUT2D eigenvalue weighted by Gasteiger charge is 2.55. The molecule has 0 spiro atoms. The maximum atomic E-state index is 13.4. The van der Waals surface area contributed by atoms with E-state index in [-0.39, 0.29) is 11.0 Å². The number of nitrogens with one attached hydrogen (secondary N) is 1. The SMILES string of the molecule is CC(C)C1CN(C(=O)C2(c3ccccc3)CC2)C(C)(C)CN1. The van der Waals surface area contributed by atoms with Gasteiger partial charge in [-0.1, -0.05) is 44.2 Å². The van der Waals surface area contributed by atoms with Gasteiger partial charge in [-0.05, 0) is 38.2 Å². The zero-order valence-electron chi connectivity index (χ0n) is 14.2. The predicted octanol–water partition coefficient (Wildman–Crippen LogP) is 2.95. The van der Waals surface area contributed by atoms with E-state index < -0.39 is 0 Å². The van der Waals surface area contributed by atoms with Crippen LogP contribution in [0.15, 0.2) is 30.3 Å². The average molecular weight is 300 g/mol. The number of hydrogen-bond acceptors (Lipinski definition) is 2. The second kappa shape index (κ2) is 5.38. The molecule has 3 rings (SSSR count). The van der Waals surface area contributed by atoms with Gasteiger partial charge < -0.3 is 10.2 Å². The summed E-state index contributed by atoms with van der Waals surface area (Å²) in [5.41, 5.74) is 0.819. The molecule has 1 atom stereocenters. The van der Waals surface area contributed by atoms with Crippen LogP contribution in [0.2, 0.25) is 0 Å². The molecule has 3 nitrogen and oxygen atoms in total. The van der Waals surface area contributed by atoms with E-state index in [1.807, 2.05) is 18.2 Å². The van der Waals surface area contributed by atoms with E-state index in [0.717, 1.165) is 25.9 Å². The largest absolute Gasteiger partial charge is 0.334 e. The summed E-state index contributed by atoms with van der Waals surface area (Å²) in [4.78, 5) is 15.5. The van der Waals surface area contributed by atoms with E-state index in [0.29, 0.717) is 17.9 Å². The number of nitrogens with zero attached hydrogens (tertiary/aromatic N) is 1. The molecule has 1 saturated carbocycles. The van der Waals surface area contributed by atoms with Gasteiger partial charge in [-0.25, -0.2) is 0 Å². The Morgan fingerprint density at radius 2 is 1.86 bits per heavy atom. The number of benzene rings is 1. The van der Waals surface area contributed by atoms with Crippen LogP contribution < -0.4 is 5.32 Å². The van der Waals surface area contributed by atoms with Crippen molar-refractivity contribution in [1.82, 2.24) is 10.2 Å². The second-order valence-electron chi connectivity index (χ2n) is 7.91. The van der Waals surface area contributed by atoms with Crippen LogP contribution in [0, 0.1) is 5.92 Å². The van der Waals surface area contributed by atoms with Crippen molar-refractivity contribution >= 4 is 5.91 Å². The van der Waals surface area contributed by atoms with E-state index >= 15 is 0 Å². The fourth-order valence-corrected chi connectivity index (χ4v) is 3.56. The zero-order chi connectivity index (χ0) is 16.0. The molecule has 1 amide bonds. The summed E-state index contributed by atoms with van der Waals surface area (Å²) in [6.07, 6.45) is 1.98. The predicted molar refractivity (Wildman–Crippen MR) is 89.8 cm³/mol. The Labute approximate surface area is 134 Å². The van der Waals surface area contributed by atoms with Gasteiger partial charge in [0.2, 0.25) is 5.91 Å². The third kappa shape index (κ3) is 2.56. The summed E-state index contributed by atoms with van der Waals surface area (Å²) >= 11 is 0. The lowest BCUT2D eigenvalue weighted by atomic mass is 9.88. The van der Waals surface area contributed by atoms with Gasteiger partial charge in [-0.3, -0.25) is 4.79 Å². The highest BCUT2D eigenvalue weighted by atomic mass is 16.2. The van der Waals surface area contributed by atoms with Crippen molar-refractivity contribution in [2.24, 2.45) is 5.92 Å². The van der Waals surface area contributed by atoms with Crippen molar-refractivity contribution in [2.75, 3.05) is 13.1 Å². The third-order valence-electron chi connectivity index (χ3n) is 5.44. The van der Waals surface area contributed by atoms with Gasteiger partial charge >= 0.3 is 0 Å². The van der Waals surface area contributed by atoms with Crippen LogP contribution in [0.4, 0.5) is 0 Å². The lowest BCUT2D eigenvalue weighted by Crippen LogP contribution is -2.66. The summed E-state index contributed by atoms with van der Waals surface area (Å²) in [7, 11) is 0. The van der Waals surface area contributed by atoms with Crippen LogP contribution in [0.5, 0.6) is 0 Å². The molecule has 1 aliphatic carbocycles. The van der Waals surface area contributed by atoms with Crippen molar-refractivity contribution < 1.29 is 4.79 Å². The van der Waals surface area contributed by atoms with Gasteiger partial charge in [0, 0.05) is 24.7 Å². The van der Waals surface area contributed by atoms with Gasteiger partial charge in [0.25, 0.3) is 0 Å². The molecule has 2 fully saturated rings. The van der Waals surface area contributed by atoms with Crippen LogP contribution in [0.1, 0.15) is 46.1 Å². The number of rotatable bonds is 3. The first kappa shape index (κ1) is 15.5. The minimum atomic E-state index is -0.253. The summed E-state index contributed by atoms with van der Waals surface area (Å²) in [6.45, 7) is 10.5. The highest BCUT2D eigenvalue weighted by molar-refractivity contribution is 5.92. The normalized spacial score (nSPS) is 26.0. The third-order valence-corrected chi connectivity index (χ3v) is 5.44. The molecule has 0 aromatic heterocycles. The molecule has 1 N–H and O–H groups in total. The quantitative estimate of drug-likeness (QED) is 0.931. The standard InChI is InChI=1S/C19H28N2O/c1-14(2)16-12-21(18(3,4)13-20-16)17(22)19(10-11-19)15-8-6-5-7-9-15/h5-9,14,16,20H,10-13H2,1-4H3. The molecular formula is C19H28N2O. The minimum Gasteiger partial charge on any atom is -0.334 e. The topological polar surface area (TPSA) is 32.3 Å². The number of hydrogen-bond donors (Lipinski definition) is 1. The molecule has 22 heavy (non-hydrogen) atoms. The van der Waals surface area contributed by atoms with Crippen molar-refractivity contribution in [3.05, 3.63) is 35.9 Å². The fraction of sp³-hybridized carbons (Fsp3) is 0.632. The first-order chi connectivity index (χ1) is 10.4. The number of carbonyl (C=O) groups is 1. The van der Waals surface area contributed by atoms with E-state index in [1.54, 1.807) is 0 Å². The summed E-state index contributed by atoms with van der Waals surface area (Å²) < 4.78 is 0. The Hall–Kier alpha value is -1.35. The lowest BCUT2D eigenvalue weighted by molar-refractivity contribution is -0.142. The molecule has 1 aliphatic heterocycles. The zero-order valence-corrected chi connectivity index (χ0v) is 14.2. The van der Waals surface area contributed by atoms with Crippen LogP contribution in [0.3, 0.4) is 0 Å². The Balaban J connectivity index is 1.87. The summed E-state index contributed by atoms with van der Waals surface area (Å²) in [5.74, 6) is 0.870. The molecule has 1 aromatic carbocycles. The number of carbonyl (C=O) groups excluding carboxylic acids is 1. The fourth-order valence-electron chi connectivity index (χ4n) is 3.56. The maximum Gasteiger partial charge on any atom is 0.233 e. The molecule has 0 bridgehead atoms. The molecule has 1 saturated heterocycles. The number of piperazine rings is 1. The van der Waals surface area contributed by atoms with Gasteiger partial charge in [-0.15, -0.1) is 0 Å². The van der Waals surface area contributed by atoms with E-state index in [1.165, 1.54) is 5.56 Å². The maximum absolute atomic E-state index is 13.4. The minimum absolute atomic E-state index is 0.118. The van der Waals surface area contributed by atoms with Gasteiger partial charge in [0.05, 0.1) is 5.41 Å². The van der Waals surface area contributed by atoms with Crippen molar-refractivity contribution in [1.29, 1.82) is 0 Å². The molecule has 1 unspecified atom stereocenters. The molecule has 0 radical (unpaired) electrons. The monoisotopic (exact) mass is 300 g/mol. The molecule has 3 heteroatoms. The van der Waals surface area contributed by atoms with Crippen molar-refractivity contribution in [2.45, 2.75) is 57.5 Å². The molecule has 2 aliphatic rings. The van der Waals surface area contributed by atoms with Gasteiger partial charge in [-0.2, -0.15) is 0 Å². The van der Waals surface area contributed by atoms with E-state index in [2.05, 4.69) is 50.0 Å². The van der Waals surface area contributed by atoms with Crippen LogP contribution in [-0.4, -0.2) is 35.5 Å². The van der Waals surface area contributed by atoms with Crippen molar-refractivity contribution in [3.63, 3.8) is 0 Å². The molecular weight excluding hydrogens is 272 g/mol. The first-order valence-corrected chi connectivity index (χ1v) is 8.48. The Kier molecular flexibility index (Phi) is 3.80. The average Bonchev–Trinajstić information content (AvgIpc) is 3.28. The van der Waals surface area contributed by atoms with Crippen LogP contribution in [0.25, 0.3) is 0 Å². The second-order valence-corrected chi connectivity index (χ2v) is 7.91. The molecule has 1 aromatic rings. The van der Waals surface area contributed by atoms with Gasteiger partial charge in [0.15, 0.2) is 0 Å². The first-order valence-electron chi connectivity index (χ1n) is 8.48. The Morgan fingerprint density at radius 1 is 1.23 bits per heavy atom. The van der Waals surface area contributed by atoms with Crippen molar-refractivity contribution in [3.8, 4) is 0 Å². The van der Waals surface area contributed by atoms with Gasteiger partial charge in [0.1, 0.15) is 0 Å². The van der Waals surface area contributed by atoms with Crippen LogP contribution >= 0.6 is 0 Å². The lowest BCUT2D eigenvalue weighted by Gasteiger charge is -2.48. The smallest absolute Gasteiger partial charge is 0.233 e. The molecule has 120 valence electrons. The highest BCUT2D eigenvalue weighted by Crippen LogP contribution is 2.50. The van der Waals surface area contributed by atoms with Crippen LogP contribution in [-0.2, 0) is 10.2 Å². The van der Waals surface area contributed by atoms with E-state index in [9.17, 15) is 4.79 Å². The van der Waals surface area contributed by atoms with E-state index in [4.69, 9.17) is 0 Å².